The average Bonchev–Trinajstić information content (AvgIpc) is 3.34. The van der Waals surface area contributed by atoms with Gasteiger partial charge in [-0.15, -0.1) is 11.3 Å². The molecule has 3 aromatic heterocycles. The first-order valence-corrected chi connectivity index (χ1v) is 12.7. The number of hydrogen-bond acceptors (Lipinski definition) is 6. The second-order valence-electron chi connectivity index (χ2n) is 9.45. The number of hydrogen-bond donors (Lipinski definition) is 0. The van der Waals surface area contributed by atoms with Gasteiger partial charge in [-0.3, -0.25) is 9.36 Å². The molecule has 2 aliphatic rings. The fourth-order valence-electron chi connectivity index (χ4n) is 4.53. The molecular weight excluding hydrogens is 444 g/mol. The van der Waals surface area contributed by atoms with Gasteiger partial charge < -0.3 is 14.5 Å². The summed E-state index contributed by atoms with van der Waals surface area (Å²) < 4.78 is 8.31. The van der Waals surface area contributed by atoms with Gasteiger partial charge in [0.2, 0.25) is 0 Å². The van der Waals surface area contributed by atoms with Crippen molar-refractivity contribution in [2.75, 3.05) is 32.1 Å². The number of pyridine rings is 2. The molecule has 174 valence electrons. The van der Waals surface area contributed by atoms with E-state index in [1.54, 1.807) is 10.8 Å². The molecule has 4 aromatic rings. The lowest BCUT2D eigenvalue weighted by atomic mass is 10.1. The normalized spacial score (nSPS) is 18.2. The van der Waals surface area contributed by atoms with Crippen LogP contribution in [0.4, 0.5) is 5.82 Å². The maximum Gasteiger partial charge on any atom is 0.273 e. The van der Waals surface area contributed by atoms with Gasteiger partial charge >= 0.3 is 0 Å². The SMILES string of the molecule is CN(C)C1CCN(c2ccc(-n3ccc4cc(-c5ccc(OC6CC6)cc5)sc4c3=O)cn2)C1. The van der Waals surface area contributed by atoms with Crippen molar-refractivity contribution < 1.29 is 4.74 Å². The van der Waals surface area contributed by atoms with Crippen LogP contribution in [0.5, 0.6) is 5.75 Å². The van der Waals surface area contributed by atoms with Crippen LogP contribution in [0.1, 0.15) is 19.3 Å². The molecule has 1 unspecified atom stereocenters. The Hall–Kier alpha value is -3.16. The second-order valence-corrected chi connectivity index (χ2v) is 10.5. The summed E-state index contributed by atoms with van der Waals surface area (Å²) in [7, 11) is 4.25. The van der Waals surface area contributed by atoms with Gasteiger partial charge in [0.15, 0.2) is 0 Å². The summed E-state index contributed by atoms with van der Waals surface area (Å²) in [4.78, 5) is 23.7. The molecule has 0 spiro atoms. The Kier molecular flexibility index (Phi) is 5.38. The van der Waals surface area contributed by atoms with Crippen molar-refractivity contribution in [2.45, 2.75) is 31.4 Å². The van der Waals surface area contributed by atoms with Crippen LogP contribution in [0.25, 0.3) is 26.2 Å². The number of rotatable bonds is 6. The van der Waals surface area contributed by atoms with Gasteiger partial charge in [-0.2, -0.15) is 0 Å². The topological polar surface area (TPSA) is 50.6 Å². The molecule has 1 aromatic carbocycles. The minimum Gasteiger partial charge on any atom is -0.490 e. The van der Waals surface area contributed by atoms with Crippen molar-refractivity contribution in [1.82, 2.24) is 14.5 Å². The first-order valence-electron chi connectivity index (χ1n) is 11.9. The van der Waals surface area contributed by atoms with E-state index in [4.69, 9.17) is 4.74 Å². The lowest BCUT2D eigenvalue weighted by Gasteiger charge is -2.21. The summed E-state index contributed by atoms with van der Waals surface area (Å²) in [6, 6.07) is 16.9. The van der Waals surface area contributed by atoms with E-state index in [2.05, 4.69) is 47.1 Å². The van der Waals surface area contributed by atoms with Gasteiger partial charge in [0.05, 0.1) is 18.0 Å². The number of likely N-dealkylation sites (N-methyl/N-ethyl adjacent to an activating group) is 1. The smallest absolute Gasteiger partial charge is 0.273 e. The van der Waals surface area contributed by atoms with Gasteiger partial charge in [-0.1, -0.05) is 0 Å². The fraction of sp³-hybridized carbons (Fsp3) is 0.333. The number of nitrogens with zero attached hydrogens (tertiary/aromatic N) is 4. The molecule has 1 aliphatic heterocycles. The summed E-state index contributed by atoms with van der Waals surface area (Å²) in [5.74, 6) is 1.88. The van der Waals surface area contributed by atoms with Crippen molar-refractivity contribution in [3.05, 3.63) is 71.3 Å². The molecule has 7 heteroatoms. The van der Waals surface area contributed by atoms with Crippen LogP contribution in [0.15, 0.2) is 65.7 Å². The van der Waals surface area contributed by atoms with E-state index in [9.17, 15) is 4.79 Å². The van der Waals surface area contributed by atoms with E-state index in [0.29, 0.717) is 12.1 Å². The Morgan fingerprint density at radius 2 is 1.88 bits per heavy atom. The minimum absolute atomic E-state index is 0.00849. The van der Waals surface area contributed by atoms with E-state index < -0.39 is 0 Å². The standard InChI is InChI=1S/C27H28N4O2S/c1-29(2)21-12-13-30(17-21)25-10-5-20(16-28-25)31-14-11-19-15-24(34-26(19)27(31)32)18-3-6-22(7-4-18)33-23-8-9-23/h3-7,10-11,14-16,21,23H,8-9,12-13,17H2,1-2H3. The Morgan fingerprint density at radius 3 is 2.56 bits per heavy atom. The van der Waals surface area contributed by atoms with Crippen molar-refractivity contribution in [2.24, 2.45) is 0 Å². The predicted octanol–water partition coefficient (Wildman–Crippen LogP) is 4.80. The van der Waals surface area contributed by atoms with E-state index in [1.807, 2.05) is 36.5 Å². The van der Waals surface area contributed by atoms with Crippen molar-refractivity contribution in [3.63, 3.8) is 0 Å². The van der Waals surface area contributed by atoms with Crippen LogP contribution < -0.4 is 15.2 Å². The molecule has 1 saturated carbocycles. The summed E-state index contributed by atoms with van der Waals surface area (Å²) in [5, 5.41) is 0.968. The summed E-state index contributed by atoms with van der Waals surface area (Å²) in [6.45, 7) is 1.99. The van der Waals surface area contributed by atoms with Gasteiger partial charge in [0, 0.05) is 35.6 Å². The fourth-order valence-corrected chi connectivity index (χ4v) is 5.62. The van der Waals surface area contributed by atoms with Crippen molar-refractivity contribution in [1.29, 1.82) is 0 Å². The average molecular weight is 473 g/mol. The Balaban J connectivity index is 1.25. The maximum atomic E-state index is 13.3. The summed E-state index contributed by atoms with van der Waals surface area (Å²) >= 11 is 1.54. The van der Waals surface area contributed by atoms with Gasteiger partial charge in [-0.25, -0.2) is 4.98 Å². The zero-order valence-electron chi connectivity index (χ0n) is 19.5. The molecule has 0 amide bonds. The van der Waals surface area contributed by atoms with Crippen LogP contribution in [-0.2, 0) is 0 Å². The van der Waals surface area contributed by atoms with Crippen LogP contribution in [0, 0.1) is 0 Å². The third-order valence-corrected chi connectivity index (χ3v) is 7.96. The number of thiophene rings is 1. The lowest BCUT2D eigenvalue weighted by Crippen LogP contribution is -2.31. The van der Waals surface area contributed by atoms with Crippen LogP contribution in [-0.4, -0.2) is 53.8 Å². The van der Waals surface area contributed by atoms with Crippen LogP contribution >= 0.6 is 11.3 Å². The largest absolute Gasteiger partial charge is 0.490 e. The zero-order chi connectivity index (χ0) is 23.2. The first kappa shape index (κ1) is 21.4. The monoisotopic (exact) mass is 472 g/mol. The lowest BCUT2D eigenvalue weighted by molar-refractivity contribution is 0.303. The molecule has 1 atom stereocenters. The molecule has 0 N–H and O–H groups in total. The highest BCUT2D eigenvalue weighted by Crippen LogP contribution is 2.34. The Morgan fingerprint density at radius 1 is 1.06 bits per heavy atom. The molecular formula is C27H28N4O2S. The highest BCUT2D eigenvalue weighted by molar-refractivity contribution is 7.22. The molecule has 1 aliphatic carbocycles. The highest BCUT2D eigenvalue weighted by atomic mass is 32.1. The van der Waals surface area contributed by atoms with Gasteiger partial charge in [0.1, 0.15) is 16.3 Å². The molecule has 6 rings (SSSR count). The predicted molar refractivity (Wildman–Crippen MR) is 139 cm³/mol. The van der Waals surface area contributed by atoms with Crippen LogP contribution in [0.3, 0.4) is 0 Å². The molecule has 2 fully saturated rings. The number of aromatic nitrogens is 2. The molecule has 0 radical (unpaired) electrons. The van der Waals surface area contributed by atoms with Gasteiger partial charge in [-0.05, 0) is 87.5 Å². The molecule has 0 bridgehead atoms. The molecule has 6 nitrogen and oxygen atoms in total. The quantitative estimate of drug-likeness (QED) is 0.404. The Labute approximate surface area is 203 Å². The third kappa shape index (κ3) is 4.10. The number of fused-ring (bicyclic) bond motifs is 1. The van der Waals surface area contributed by atoms with Crippen LogP contribution in [0.2, 0.25) is 0 Å². The maximum absolute atomic E-state index is 13.3. The molecule has 34 heavy (non-hydrogen) atoms. The Bertz CT molecular complexity index is 1370. The van der Waals surface area contributed by atoms with E-state index in [0.717, 1.165) is 70.1 Å². The highest BCUT2D eigenvalue weighted by Gasteiger charge is 2.25. The number of benzene rings is 1. The van der Waals surface area contributed by atoms with Crippen molar-refractivity contribution in [3.8, 4) is 21.9 Å². The van der Waals surface area contributed by atoms with Gasteiger partial charge in [0.25, 0.3) is 5.56 Å². The van der Waals surface area contributed by atoms with E-state index in [-0.39, 0.29) is 5.56 Å². The van der Waals surface area contributed by atoms with E-state index in [1.165, 1.54) is 11.3 Å². The number of anilines is 1. The minimum atomic E-state index is -0.00849. The summed E-state index contributed by atoms with van der Waals surface area (Å²) in [5.41, 5.74) is 1.88. The first-order chi connectivity index (χ1) is 16.5. The van der Waals surface area contributed by atoms with E-state index >= 15 is 0 Å². The second kappa shape index (κ2) is 8.56. The summed E-state index contributed by atoms with van der Waals surface area (Å²) in [6.07, 6.45) is 7.49. The molecule has 4 heterocycles. The zero-order valence-corrected chi connectivity index (χ0v) is 20.3. The van der Waals surface area contributed by atoms with Crippen molar-refractivity contribution >= 4 is 27.2 Å². The number of ether oxygens (including phenoxy) is 1. The third-order valence-electron chi connectivity index (χ3n) is 6.77. The molecule has 1 saturated heterocycles.